The van der Waals surface area contributed by atoms with E-state index in [0.29, 0.717) is 24.4 Å². The standard InChI is InChI=1S/C19H21N5O2S/c1-4-10-24-16(11-14-8-6-5-7-9-14)20-21-18(24)27-13-15-12-17(25)23(3)19(26)22(15)2/h4-9,12H,1,10-11,13H2,2-3H3. The highest BCUT2D eigenvalue weighted by Gasteiger charge is 2.14. The maximum absolute atomic E-state index is 12.1. The van der Waals surface area contributed by atoms with Crippen LogP contribution in [0.5, 0.6) is 0 Å². The third-order valence-corrected chi connectivity index (χ3v) is 5.29. The number of rotatable bonds is 7. The minimum atomic E-state index is -0.338. The molecule has 27 heavy (non-hydrogen) atoms. The Morgan fingerprint density at radius 2 is 1.85 bits per heavy atom. The zero-order chi connectivity index (χ0) is 19.4. The summed E-state index contributed by atoms with van der Waals surface area (Å²) in [6.07, 6.45) is 2.47. The fraction of sp³-hybridized carbons (Fsp3) is 0.263. The molecule has 7 nitrogen and oxygen atoms in total. The highest BCUT2D eigenvalue weighted by Crippen LogP contribution is 2.22. The zero-order valence-corrected chi connectivity index (χ0v) is 16.1. The van der Waals surface area contributed by atoms with Gasteiger partial charge in [-0.1, -0.05) is 48.2 Å². The summed E-state index contributed by atoms with van der Waals surface area (Å²) in [5, 5.41) is 9.35. The van der Waals surface area contributed by atoms with Gasteiger partial charge >= 0.3 is 5.69 Å². The minimum Gasteiger partial charge on any atom is -0.302 e. The summed E-state index contributed by atoms with van der Waals surface area (Å²) in [7, 11) is 3.13. The first-order chi connectivity index (χ1) is 13.0. The Hall–Kier alpha value is -2.87. The molecule has 2 heterocycles. The van der Waals surface area contributed by atoms with E-state index < -0.39 is 0 Å². The molecule has 2 aromatic heterocycles. The van der Waals surface area contributed by atoms with E-state index in [2.05, 4.69) is 28.9 Å². The molecule has 0 radical (unpaired) electrons. The Bertz CT molecular complexity index is 1070. The molecular formula is C19H21N5O2S. The molecule has 0 bridgehead atoms. The van der Waals surface area contributed by atoms with Crippen LogP contribution in [0.1, 0.15) is 17.1 Å². The van der Waals surface area contributed by atoms with Gasteiger partial charge in [-0.25, -0.2) is 4.79 Å². The van der Waals surface area contributed by atoms with E-state index >= 15 is 0 Å². The Labute approximate surface area is 161 Å². The summed E-state index contributed by atoms with van der Waals surface area (Å²) in [5.74, 6) is 1.30. The molecule has 140 valence electrons. The first-order valence-corrected chi connectivity index (χ1v) is 9.45. The van der Waals surface area contributed by atoms with Crippen LogP contribution >= 0.6 is 11.8 Å². The Morgan fingerprint density at radius 3 is 2.56 bits per heavy atom. The van der Waals surface area contributed by atoms with Crippen LogP contribution in [0.2, 0.25) is 0 Å². The molecule has 0 unspecified atom stereocenters. The second kappa shape index (κ2) is 8.22. The molecule has 8 heteroatoms. The normalized spacial score (nSPS) is 10.9. The summed E-state index contributed by atoms with van der Waals surface area (Å²) in [6.45, 7) is 4.41. The van der Waals surface area contributed by atoms with E-state index in [1.807, 2.05) is 22.8 Å². The highest BCUT2D eigenvalue weighted by atomic mass is 32.2. The molecule has 0 aliphatic carbocycles. The predicted molar refractivity (Wildman–Crippen MR) is 106 cm³/mol. The van der Waals surface area contributed by atoms with Crippen LogP contribution in [0.4, 0.5) is 0 Å². The van der Waals surface area contributed by atoms with Crippen LogP contribution < -0.4 is 11.2 Å². The fourth-order valence-corrected chi connectivity index (χ4v) is 3.69. The molecule has 0 spiro atoms. The van der Waals surface area contributed by atoms with Crippen molar-refractivity contribution in [2.45, 2.75) is 23.9 Å². The van der Waals surface area contributed by atoms with Crippen molar-refractivity contribution in [2.75, 3.05) is 0 Å². The average Bonchev–Trinajstić information content (AvgIpc) is 3.04. The average molecular weight is 383 g/mol. The smallest absolute Gasteiger partial charge is 0.302 e. The van der Waals surface area contributed by atoms with Gasteiger partial charge in [-0.2, -0.15) is 0 Å². The molecule has 3 rings (SSSR count). The molecule has 3 aromatic rings. The van der Waals surface area contributed by atoms with Gasteiger partial charge in [0.25, 0.3) is 5.56 Å². The third kappa shape index (κ3) is 4.11. The topological polar surface area (TPSA) is 74.7 Å². The molecule has 0 atom stereocenters. The molecule has 1 aromatic carbocycles. The van der Waals surface area contributed by atoms with E-state index in [4.69, 9.17) is 0 Å². The monoisotopic (exact) mass is 383 g/mol. The van der Waals surface area contributed by atoms with Crippen molar-refractivity contribution in [1.82, 2.24) is 23.9 Å². The molecule has 0 N–H and O–H groups in total. The van der Waals surface area contributed by atoms with Crippen molar-refractivity contribution in [3.05, 3.63) is 87.0 Å². The largest absolute Gasteiger partial charge is 0.330 e. The highest BCUT2D eigenvalue weighted by molar-refractivity contribution is 7.98. The van der Waals surface area contributed by atoms with Crippen LogP contribution in [0.15, 0.2) is 63.8 Å². The van der Waals surface area contributed by atoms with Crippen LogP contribution in [0.25, 0.3) is 0 Å². The summed E-state index contributed by atoms with van der Waals surface area (Å²) < 4.78 is 4.57. The van der Waals surface area contributed by atoms with E-state index in [1.165, 1.54) is 29.4 Å². The number of hydrogen-bond donors (Lipinski definition) is 0. The lowest BCUT2D eigenvalue weighted by atomic mass is 10.1. The lowest BCUT2D eigenvalue weighted by Crippen LogP contribution is -2.37. The van der Waals surface area contributed by atoms with Crippen molar-refractivity contribution in [3.63, 3.8) is 0 Å². The Kier molecular flexibility index (Phi) is 5.75. The zero-order valence-electron chi connectivity index (χ0n) is 15.3. The van der Waals surface area contributed by atoms with Crippen molar-refractivity contribution >= 4 is 11.8 Å². The quantitative estimate of drug-likeness (QED) is 0.459. The number of hydrogen-bond acceptors (Lipinski definition) is 5. The summed E-state index contributed by atoms with van der Waals surface area (Å²) in [4.78, 5) is 24.0. The van der Waals surface area contributed by atoms with Gasteiger partial charge in [-0.05, 0) is 5.56 Å². The summed E-state index contributed by atoms with van der Waals surface area (Å²) >= 11 is 1.44. The van der Waals surface area contributed by atoms with Crippen LogP contribution in [0, 0.1) is 0 Å². The molecule has 0 amide bonds. The van der Waals surface area contributed by atoms with Gasteiger partial charge < -0.3 is 4.57 Å². The number of nitrogens with zero attached hydrogens (tertiary/aromatic N) is 5. The molecular weight excluding hydrogens is 362 g/mol. The van der Waals surface area contributed by atoms with Gasteiger partial charge in [0, 0.05) is 44.6 Å². The van der Waals surface area contributed by atoms with Crippen molar-refractivity contribution in [2.24, 2.45) is 14.1 Å². The van der Waals surface area contributed by atoms with Crippen molar-refractivity contribution in [1.29, 1.82) is 0 Å². The van der Waals surface area contributed by atoms with Crippen molar-refractivity contribution in [3.8, 4) is 0 Å². The molecule has 0 aliphatic heterocycles. The van der Waals surface area contributed by atoms with Crippen LogP contribution in [-0.2, 0) is 32.8 Å². The van der Waals surface area contributed by atoms with E-state index in [-0.39, 0.29) is 11.2 Å². The number of aromatic nitrogens is 5. The van der Waals surface area contributed by atoms with Gasteiger partial charge in [0.05, 0.1) is 0 Å². The van der Waals surface area contributed by atoms with Gasteiger partial charge in [-0.15, -0.1) is 16.8 Å². The number of benzene rings is 1. The Morgan fingerprint density at radius 1 is 1.11 bits per heavy atom. The second-order valence-electron chi connectivity index (χ2n) is 6.12. The summed E-state index contributed by atoms with van der Waals surface area (Å²) in [6, 6.07) is 11.6. The van der Waals surface area contributed by atoms with E-state index in [1.54, 1.807) is 13.1 Å². The van der Waals surface area contributed by atoms with Crippen LogP contribution in [-0.4, -0.2) is 23.9 Å². The maximum atomic E-state index is 12.1. The number of thioether (sulfide) groups is 1. The predicted octanol–water partition coefficient (Wildman–Crippen LogP) is 1.74. The first-order valence-electron chi connectivity index (χ1n) is 8.47. The fourth-order valence-electron chi connectivity index (χ4n) is 2.70. The first kappa shape index (κ1) is 18.9. The lowest BCUT2D eigenvalue weighted by molar-refractivity contribution is 0.663. The Balaban J connectivity index is 1.84. The molecule has 0 saturated heterocycles. The van der Waals surface area contributed by atoms with Gasteiger partial charge in [0.15, 0.2) is 5.16 Å². The van der Waals surface area contributed by atoms with Crippen LogP contribution in [0.3, 0.4) is 0 Å². The summed E-state index contributed by atoms with van der Waals surface area (Å²) in [5.41, 5.74) is 1.15. The van der Waals surface area contributed by atoms with E-state index in [9.17, 15) is 9.59 Å². The molecule has 0 aliphatic rings. The maximum Gasteiger partial charge on any atom is 0.330 e. The lowest BCUT2D eigenvalue weighted by Gasteiger charge is -2.10. The van der Waals surface area contributed by atoms with Gasteiger partial charge in [0.2, 0.25) is 0 Å². The minimum absolute atomic E-state index is 0.314. The second-order valence-corrected chi connectivity index (χ2v) is 7.07. The molecule has 0 fully saturated rings. The van der Waals surface area contributed by atoms with Gasteiger partial charge in [-0.3, -0.25) is 13.9 Å². The van der Waals surface area contributed by atoms with Gasteiger partial charge in [0.1, 0.15) is 5.82 Å². The number of allylic oxidation sites excluding steroid dienone is 1. The molecule has 0 saturated carbocycles. The van der Waals surface area contributed by atoms with Crippen molar-refractivity contribution < 1.29 is 0 Å². The SMILES string of the molecule is C=CCn1c(Cc2ccccc2)nnc1SCc1cc(=O)n(C)c(=O)n1C. The van der Waals surface area contributed by atoms with E-state index in [0.717, 1.165) is 21.1 Å². The third-order valence-electron chi connectivity index (χ3n) is 4.28.